The first-order chi connectivity index (χ1) is 6.25. The molecule has 0 N–H and O–H groups in total. The van der Waals surface area contributed by atoms with Crippen molar-refractivity contribution in [1.29, 1.82) is 0 Å². The Morgan fingerprint density at radius 2 is 2.00 bits per heavy atom. The van der Waals surface area contributed by atoms with Gasteiger partial charge in [0.1, 0.15) is 0 Å². The van der Waals surface area contributed by atoms with Crippen molar-refractivity contribution in [2.45, 2.75) is 19.8 Å². The second kappa shape index (κ2) is 4.87. The topological polar surface area (TPSA) is 20.3 Å². The first-order valence-corrected chi connectivity index (χ1v) is 4.63. The van der Waals surface area contributed by atoms with Crippen LogP contribution in [0.25, 0.3) is 0 Å². The van der Waals surface area contributed by atoms with Crippen LogP contribution in [0.1, 0.15) is 19.8 Å². The van der Waals surface area contributed by atoms with Gasteiger partial charge in [-0.2, -0.15) is 0 Å². The van der Waals surface area contributed by atoms with Crippen molar-refractivity contribution in [3.05, 3.63) is 30.3 Å². The molecule has 0 bridgehead atoms. The Morgan fingerprint density at radius 3 is 2.54 bits per heavy atom. The Balaban J connectivity index is 2.68. The number of para-hydroxylation sites is 1. The van der Waals surface area contributed by atoms with Gasteiger partial charge in [0.15, 0.2) is 0 Å². The number of halogens is 1. The van der Waals surface area contributed by atoms with Crippen molar-refractivity contribution in [3.63, 3.8) is 0 Å². The SMILES string of the molecule is CCCC(=O)N(Cl)c1ccccc1. The molecule has 0 heterocycles. The van der Waals surface area contributed by atoms with Gasteiger partial charge < -0.3 is 0 Å². The fourth-order valence-electron chi connectivity index (χ4n) is 1.01. The van der Waals surface area contributed by atoms with Gasteiger partial charge in [-0.15, -0.1) is 0 Å². The minimum absolute atomic E-state index is 0.0598. The van der Waals surface area contributed by atoms with E-state index in [1.165, 1.54) is 4.42 Å². The molecule has 70 valence electrons. The van der Waals surface area contributed by atoms with Crippen LogP contribution in [0.4, 0.5) is 5.69 Å². The lowest BCUT2D eigenvalue weighted by Crippen LogP contribution is -2.19. The lowest BCUT2D eigenvalue weighted by molar-refractivity contribution is -0.117. The summed E-state index contributed by atoms with van der Waals surface area (Å²) in [5, 5.41) is 0. The van der Waals surface area contributed by atoms with E-state index >= 15 is 0 Å². The molecule has 3 heteroatoms. The normalized spacial score (nSPS) is 9.69. The van der Waals surface area contributed by atoms with Crippen molar-refractivity contribution in [2.75, 3.05) is 4.42 Å². The predicted octanol–water partition coefficient (Wildman–Crippen LogP) is 2.97. The number of rotatable bonds is 3. The van der Waals surface area contributed by atoms with Gasteiger partial charge in [-0.25, -0.2) is 4.42 Å². The van der Waals surface area contributed by atoms with E-state index in [0.717, 1.165) is 12.1 Å². The average molecular weight is 198 g/mol. The number of anilines is 1. The molecule has 1 aromatic carbocycles. The van der Waals surface area contributed by atoms with Crippen LogP contribution in [-0.4, -0.2) is 5.91 Å². The van der Waals surface area contributed by atoms with E-state index in [0.29, 0.717) is 6.42 Å². The van der Waals surface area contributed by atoms with E-state index in [-0.39, 0.29) is 5.91 Å². The predicted molar refractivity (Wildman–Crippen MR) is 54.7 cm³/mol. The molecule has 0 atom stereocenters. The molecule has 1 rings (SSSR count). The molecule has 0 spiro atoms. The number of carbonyl (C=O) groups excluding carboxylic acids is 1. The van der Waals surface area contributed by atoms with Gasteiger partial charge in [-0.3, -0.25) is 4.79 Å². The quantitative estimate of drug-likeness (QED) is 0.683. The number of carbonyl (C=O) groups is 1. The molecule has 0 aromatic heterocycles. The van der Waals surface area contributed by atoms with Gasteiger partial charge in [0.05, 0.1) is 5.69 Å². The Kier molecular flexibility index (Phi) is 3.77. The summed E-state index contributed by atoms with van der Waals surface area (Å²) in [6.07, 6.45) is 1.30. The molecule has 0 aliphatic heterocycles. The van der Waals surface area contributed by atoms with Crippen molar-refractivity contribution >= 4 is 23.4 Å². The molecule has 2 nitrogen and oxygen atoms in total. The maximum Gasteiger partial charge on any atom is 0.241 e. The van der Waals surface area contributed by atoms with Crippen molar-refractivity contribution in [1.82, 2.24) is 0 Å². The summed E-state index contributed by atoms with van der Waals surface area (Å²) >= 11 is 5.82. The molecule has 13 heavy (non-hydrogen) atoms. The zero-order valence-corrected chi connectivity index (χ0v) is 8.29. The highest BCUT2D eigenvalue weighted by molar-refractivity contribution is 6.36. The van der Waals surface area contributed by atoms with Gasteiger partial charge >= 0.3 is 0 Å². The minimum Gasteiger partial charge on any atom is -0.273 e. The fourth-order valence-corrected chi connectivity index (χ4v) is 1.21. The first kappa shape index (κ1) is 10.1. The van der Waals surface area contributed by atoms with E-state index in [9.17, 15) is 4.79 Å². The van der Waals surface area contributed by atoms with Crippen LogP contribution in [0.3, 0.4) is 0 Å². The Labute approximate surface area is 83.2 Å². The summed E-state index contributed by atoms with van der Waals surface area (Å²) in [7, 11) is 0. The summed E-state index contributed by atoms with van der Waals surface area (Å²) < 4.78 is 1.17. The van der Waals surface area contributed by atoms with Crippen molar-refractivity contribution in [2.24, 2.45) is 0 Å². The smallest absolute Gasteiger partial charge is 0.241 e. The zero-order chi connectivity index (χ0) is 9.68. The lowest BCUT2D eigenvalue weighted by atomic mass is 10.3. The van der Waals surface area contributed by atoms with Gasteiger partial charge in [0.25, 0.3) is 0 Å². The van der Waals surface area contributed by atoms with Crippen LogP contribution in [0, 0.1) is 0 Å². The van der Waals surface area contributed by atoms with Crippen LogP contribution < -0.4 is 4.42 Å². The number of amides is 1. The molecule has 0 aliphatic carbocycles. The summed E-state index contributed by atoms with van der Waals surface area (Å²) in [6.45, 7) is 1.95. The largest absolute Gasteiger partial charge is 0.273 e. The summed E-state index contributed by atoms with van der Waals surface area (Å²) in [5.41, 5.74) is 0.725. The number of nitrogens with zero attached hydrogens (tertiary/aromatic N) is 1. The highest BCUT2D eigenvalue weighted by Gasteiger charge is 2.10. The number of hydrogen-bond acceptors (Lipinski definition) is 1. The summed E-state index contributed by atoms with van der Waals surface area (Å²) in [5.74, 6) is -0.0598. The maximum absolute atomic E-state index is 11.3. The van der Waals surface area contributed by atoms with E-state index in [1.807, 2.05) is 25.1 Å². The van der Waals surface area contributed by atoms with Gasteiger partial charge in [0.2, 0.25) is 5.91 Å². The standard InChI is InChI=1S/C10H12ClNO/c1-2-6-10(13)12(11)9-7-4-3-5-8-9/h3-5,7-8H,2,6H2,1H3. The van der Waals surface area contributed by atoms with E-state index in [4.69, 9.17) is 11.8 Å². The molecule has 0 aliphatic rings. The van der Waals surface area contributed by atoms with E-state index < -0.39 is 0 Å². The lowest BCUT2D eigenvalue weighted by Gasteiger charge is -2.12. The van der Waals surface area contributed by atoms with Crippen LogP contribution in [0.5, 0.6) is 0 Å². The molecular weight excluding hydrogens is 186 g/mol. The van der Waals surface area contributed by atoms with Crippen LogP contribution in [0.15, 0.2) is 30.3 Å². The molecule has 0 unspecified atom stereocenters. The van der Waals surface area contributed by atoms with Crippen molar-refractivity contribution in [3.8, 4) is 0 Å². The highest BCUT2D eigenvalue weighted by Crippen LogP contribution is 2.16. The van der Waals surface area contributed by atoms with Crippen molar-refractivity contribution < 1.29 is 4.79 Å². The monoisotopic (exact) mass is 197 g/mol. The number of benzene rings is 1. The van der Waals surface area contributed by atoms with E-state index in [2.05, 4.69) is 0 Å². The molecule has 0 fully saturated rings. The molecular formula is C10H12ClNO. The summed E-state index contributed by atoms with van der Waals surface area (Å²) in [6, 6.07) is 9.20. The van der Waals surface area contributed by atoms with Gasteiger partial charge in [-0.1, -0.05) is 25.1 Å². The zero-order valence-electron chi connectivity index (χ0n) is 7.53. The Morgan fingerprint density at radius 1 is 1.38 bits per heavy atom. The van der Waals surface area contributed by atoms with Crippen LogP contribution in [0.2, 0.25) is 0 Å². The molecule has 1 amide bonds. The maximum atomic E-state index is 11.3. The molecule has 0 saturated heterocycles. The third-order valence-corrected chi connectivity index (χ3v) is 2.05. The molecule has 1 aromatic rings. The van der Waals surface area contributed by atoms with Gasteiger partial charge in [-0.05, 0) is 18.6 Å². The Bertz CT molecular complexity index is 274. The third kappa shape index (κ3) is 2.74. The summed E-state index contributed by atoms with van der Waals surface area (Å²) in [4.78, 5) is 11.3. The van der Waals surface area contributed by atoms with E-state index in [1.54, 1.807) is 12.1 Å². The Hall–Kier alpha value is -1.02. The minimum atomic E-state index is -0.0598. The fraction of sp³-hybridized carbons (Fsp3) is 0.300. The molecule has 0 radical (unpaired) electrons. The third-order valence-electron chi connectivity index (χ3n) is 1.67. The second-order valence-corrected chi connectivity index (χ2v) is 3.10. The van der Waals surface area contributed by atoms with Crippen LogP contribution >= 0.6 is 11.8 Å². The second-order valence-electron chi connectivity index (χ2n) is 2.76. The average Bonchev–Trinajstić information content (AvgIpc) is 2.18. The first-order valence-electron chi connectivity index (χ1n) is 4.29. The van der Waals surface area contributed by atoms with Crippen LogP contribution in [-0.2, 0) is 4.79 Å². The number of hydrogen-bond donors (Lipinski definition) is 0. The van der Waals surface area contributed by atoms with Gasteiger partial charge in [0, 0.05) is 18.2 Å². The molecule has 0 saturated carbocycles. The highest BCUT2D eigenvalue weighted by atomic mass is 35.5.